The van der Waals surface area contributed by atoms with Gasteiger partial charge in [0.2, 0.25) is 5.91 Å². The molecule has 2 aromatic heterocycles. The van der Waals surface area contributed by atoms with Crippen molar-refractivity contribution >= 4 is 17.7 Å². The van der Waals surface area contributed by atoms with Crippen LogP contribution in [0, 0.1) is 5.41 Å². The summed E-state index contributed by atoms with van der Waals surface area (Å²) in [5.41, 5.74) is 1.35. The number of allylic oxidation sites excluding steroid dienone is 1. The molecule has 0 aromatic carbocycles. The molecule has 1 unspecified atom stereocenters. The first-order valence-electron chi connectivity index (χ1n) is 8.61. The average Bonchev–Trinajstić information content (AvgIpc) is 3.15. The summed E-state index contributed by atoms with van der Waals surface area (Å²) in [4.78, 5) is 29.2. The Bertz CT molecular complexity index is 863. The molecule has 1 aliphatic heterocycles. The molecule has 142 valence electrons. The Morgan fingerprint density at radius 1 is 1.41 bits per heavy atom. The van der Waals surface area contributed by atoms with E-state index in [9.17, 15) is 13.6 Å². The molecule has 9 heteroatoms. The third kappa shape index (κ3) is 4.60. The van der Waals surface area contributed by atoms with Gasteiger partial charge in [0.15, 0.2) is 0 Å². The van der Waals surface area contributed by atoms with Gasteiger partial charge in [-0.2, -0.15) is 0 Å². The van der Waals surface area contributed by atoms with Crippen LogP contribution in [0.3, 0.4) is 0 Å². The van der Waals surface area contributed by atoms with Crippen molar-refractivity contribution in [1.82, 2.24) is 24.8 Å². The lowest BCUT2D eigenvalue weighted by atomic mass is 9.94. The number of carbonyl (C=O) groups excluding carboxylic acids is 1. The number of halogens is 2. The van der Waals surface area contributed by atoms with Crippen LogP contribution in [0.15, 0.2) is 24.7 Å². The number of rotatable bonds is 5. The van der Waals surface area contributed by atoms with E-state index >= 15 is 0 Å². The zero-order chi connectivity index (χ0) is 19.4. The van der Waals surface area contributed by atoms with Gasteiger partial charge in [0.1, 0.15) is 12.2 Å². The second-order valence-corrected chi connectivity index (χ2v) is 6.40. The molecular weight excluding hydrogens is 354 g/mol. The van der Waals surface area contributed by atoms with Gasteiger partial charge in [-0.15, -0.1) is 0 Å². The summed E-state index contributed by atoms with van der Waals surface area (Å²) in [5, 5.41) is 7.12. The molecule has 0 spiro atoms. The first-order chi connectivity index (χ1) is 12.9. The summed E-state index contributed by atoms with van der Waals surface area (Å²) in [6.45, 7) is 2.98. The van der Waals surface area contributed by atoms with E-state index in [0.717, 1.165) is 31.2 Å². The van der Waals surface area contributed by atoms with E-state index < -0.39 is 12.1 Å². The molecule has 27 heavy (non-hydrogen) atoms. The van der Waals surface area contributed by atoms with Crippen LogP contribution in [0.4, 0.5) is 8.78 Å². The van der Waals surface area contributed by atoms with Crippen molar-refractivity contribution in [2.45, 2.75) is 32.1 Å². The third-order valence-electron chi connectivity index (χ3n) is 4.50. The number of alkyl halides is 2. The normalized spacial score (nSPS) is 17.6. The summed E-state index contributed by atoms with van der Waals surface area (Å²) in [5.74, 6) is 0.572. The van der Waals surface area contributed by atoms with Crippen molar-refractivity contribution in [3.8, 4) is 11.4 Å². The summed E-state index contributed by atoms with van der Waals surface area (Å²) >= 11 is 0. The fourth-order valence-corrected chi connectivity index (χ4v) is 3.04. The van der Waals surface area contributed by atoms with Gasteiger partial charge in [0.05, 0.1) is 23.3 Å². The largest absolute Gasteiger partial charge is 0.342 e. The highest BCUT2D eigenvalue weighted by Gasteiger charge is 2.24. The molecule has 0 aliphatic carbocycles. The van der Waals surface area contributed by atoms with E-state index in [0.29, 0.717) is 23.8 Å². The molecule has 2 N–H and O–H groups in total. The quantitative estimate of drug-likeness (QED) is 0.786. The first kappa shape index (κ1) is 18.8. The minimum Gasteiger partial charge on any atom is -0.342 e. The van der Waals surface area contributed by atoms with Gasteiger partial charge >= 0.3 is 0 Å². The summed E-state index contributed by atoms with van der Waals surface area (Å²) < 4.78 is 24.7. The van der Waals surface area contributed by atoms with Gasteiger partial charge in [-0.1, -0.05) is 0 Å². The predicted octanol–water partition coefficient (Wildman–Crippen LogP) is 2.89. The molecule has 1 fully saturated rings. The van der Waals surface area contributed by atoms with Crippen LogP contribution < -0.4 is 0 Å². The maximum Gasteiger partial charge on any atom is 0.279 e. The molecule has 2 aromatic rings. The van der Waals surface area contributed by atoms with E-state index in [-0.39, 0.29) is 11.8 Å². The van der Waals surface area contributed by atoms with Gasteiger partial charge < -0.3 is 9.88 Å². The van der Waals surface area contributed by atoms with Crippen LogP contribution in [0.2, 0.25) is 0 Å². The molecular formula is C18H20F2N6O. The van der Waals surface area contributed by atoms with Gasteiger partial charge in [-0.25, -0.2) is 23.7 Å². The van der Waals surface area contributed by atoms with Crippen LogP contribution in [0.25, 0.3) is 17.5 Å². The van der Waals surface area contributed by atoms with Crippen LogP contribution in [0.1, 0.15) is 37.2 Å². The van der Waals surface area contributed by atoms with E-state index in [4.69, 9.17) is 5.41 Å². The Hall–Kier alpha value is -2.97. The van der Waals surface area contributed by atoms with Crippen LogP contribution >= 0.6 is 0 Å². The predicted molar refractivity (Wildman–Crippen MR) is 96.6 cm³/mol. The van der Waals surface area contributed by atoms with Crippen molar-refractivity contribution in [2.24, 2.45) is 0 Å². The SMILES string of the molecule is CC(=O)N1CCCC(c2cc(-c3cnc(/C=C\C(=N)C(F)F)[nH]3)ncn2)C1. The lowest BCUT2D eigenvalue weighted by molar-refractivity contribution is -0.130. The van der Waals surface area contributed by atoms with E-state index in [2.05, 4.69) is 19.9 Å². The molecule has 0 bridgehead atoms. The molecule has 1 aliphatic rings. The van der Waals surface area contributed by atoms with Gasteiger partial charge in [0, 0.05) is 31.6 Å². The van der Waals surface area contributed by atoms with Crippen molar-refractivity contribution < 1.29 is 13.6 Å². The maximum absolute atomic E-state index is 12.4. The molecule has 1 saturated heterocycles. The molecule has 1 atom stereocenters. The second kappa shape index (κ2) is 8.15. The molecule has 3 rings (SSSR count). The summed E-state index contributed by atoms with van der Waals surface area (Å²) in [7, 11) is 0. The standard InChI is InChI=1S/C18H20F2N6O/c1-11(27)26-6-2-3-12(9-26)14-7-15(24-10-23-14)16-8-22-17(25-16)5-4-13(21)18(19)20/h4-5,7-8,10,12,18,21H,2-3,6,9H2,1H3,(H,22,25)/b5-4-,21-13?. The molecule has 0 radical (unpaired) electrons. The second-order valence-electron chi connectivity index (χ2n) is 6.40. The number of piperidine rings is 1. The molecule has 3 heterocycles. The topological polar surface area (TPSA) is 98.6 Å². The monoisotopic (exact) mass is 374 g/mol. The highest BCUT2D eigenvalue weighted by Crippen LogP contribution is 2.27. The van der Waals surface area contributed by atoms with Crippen molar-refractivity contribution in [1.29, 1.82) is 5.41 Å². The number of aromatic nitrogens is 4. The Balaban J connectivity index is 1.76. The molecule has 1 amide bonds. The minimum absolute atomic E-state index is 0.0633. The Labute approximate surface area is 155 Å². The van der Waals surface area contributed by atoms with Crippen molar-refractivity contribution in [3.63, 3.8) is 0 Å². The number of likely N-dealkylation sites (tertiary alicyclic amines) is 1. The number of nitrogens with zero attached hydrogens (tertiary/aromatic N) is 4. The van der Waals surface area contributed by atoms with Crippen LogP contribution in [-0.4, -0.2) is 56.0 Å². The Kier molecular flexibility index (Phi) is 5.68. The summed E-state index contributed by atoms with van der Waals surface area (Å²) in [6.07, 6.45) is 4.43. The number of imidazole rings is 1. The number of H-pyrrole nitrogens is 1. The van der Waals surface area contributed by atoms with Crippen LogP contribution in [-0.2, 0) is 4.79 Å². The Morgan fingerprint density at radius 2 is 2.22 bits per heavy atom. The highest BCUT2D eigenvalue weighted by molar-refractivity contribution is 5.97. The number of carbonyl (C=O) groups is 1. The fourth-order valence-electron chi connectivity index (χ4n) is 3.04. The third-order valence-corrected chi connectivity index (χ3v) is 4.50. The number of aromatic amines is 1. The van der Waals surface area contributed by atoms with E-state index in [1.807, 2.05) is 11.0 Å². The van der Waals surface area contributed by atoms with Gasteiger partial charge in [-0.05, 0) is 31.1 Å². The smallest absolute Gasteiger partial charge is 0.279 e. The zero-order valence-corrected chi connectivity index (χ0v) is 14.8. The van der Waals surface area contributed by atoms with Crippen molar-refractivity contribution in [3.05, 3.63) is 36.2 Å². The van der Waals surface area contributed by atoms with Crippen LogP contribution in [0.5, 0.6) is 0 Å². The molecule has 0 saturated carbocycles. The highest BCUT2D eigenvalue weighted by atomic mass is 19.3. The average molecular weight is 374 g/mol. The number of nitrogens with one attached hydrogen (secondary N) is 2. The summed E-state index contributed by atoms with van der Waals surface area (Å²) in [6, 6.07) is 1.86. The molecule has 7 nitrogen and oxygen atoms in total. The van der Waals surface area contributed by atoms with Gasteiger partial charge in [-0.3, -0.25) is 10.2 Å². The lowest BCUT2D eigenvalue weighted by Crippen LogP contribution is -2.37. The first-order valence-corrected chi connectivity index (χ1v) is 8.61. The maximum atomic E-state index is 12.4. The van der Waals surface area contributed by atoms with Gasteiger partial charge in [0.25, 0.3) is 6.43 Å². The van der Waals surface area contributed by atoms with Crippen molar-refractivity contribution in [2.75, 3.05) is 13.1 Å². The Morgan fingerprint density at radius 3 is 2.96 bits per heavy atom. The number of hydrogen-bond acceptors (Lipinski definition) is 5. The minimum atomic E-state index is -2.81. The van der Waals surface area contributed by atoms with E-state index in [1.165, 1.54) is 12.4 Å². The zero-order valence-electron chi connectivity index (χ0n) is 14.8. The number of hydrogen-bond donors (Lipinski definition) is 2. The lowest BCUT2D eigenvalue weighted by Gasteiger charge is -2.31. The van der Waals surface area contributed by atoms with E-state index in [1.54, 1.807) is 13.1 Å². The number of amides is 1. The fraction of sp³-hybridized carbons (Fsp3) is 0.389.